The Labute approximate surface area is 124 Å². The number of thiazole rings is 1. The minimum absolute atomic E-state index is 0.339. The number of aromatic nitrogens is 4. The number of nitrogens with zero attached hydrogens (tertiary/aromatic N) is 3. The third kappa shape index (κ3) is 3.00. The van der Waals surface area contributed by atoms with Gasteiger partial charge in [0.05, 0.1) is 5.69 Å². The van der Waals surface area contributed by atoms with Gasteiger partial charge in [-0.3, -0.25) is 0 Å². The number of H-pyrrole nitrogens is 1. The molecule has 0 amide bonds. The van der Waals surface area contributed by atoms with Crippen LogP contribution in [0.1, 0.15) is 11.3 Å². The number of aryl methyl sites for hydroxylation is 1. The van der Waals surface area contributed by atoms with Crippen molar-refractivity contribution >= 4 is 29.0 Å². The van der Waals surface area contributed by atoms with Gasteiger partial charge in [-0.15, -0.1) is 16.4 Å². The monoisotopic (exact) mass is 303 g/mol. The first-order valence-corrected chi connectivity index (χ1v) is 7.89. The number of nitrogens with two attached hydrogens (primary N) is 1. The number of nitrogen functional groups attached to an aromatic ring is 1. The molecular weight excluding hydrogens is 290 g/mol. The Bertz CT molecular complexity index is 702. The molecule has 3 rings (SSSR count). The van der Waals surface area contributed by atoms with E-state index in [-0.39, 0.29) is 0 Å². The van der Waals surface area contributed by atoms with Gasteiger partial charge in [-0.1, -0.05) is 41.6 Å². The highest BCUT2D eigenvalue weighted by Gasteiger charge is 2.07. The zero-order chi connectivity index (χ0) is 13.9. The van der Waals surface area contributed by atoms with Crippen LogP contribution >= 0.6 is 23.1 Å². The van der Waals surface area contributed by atoms with Gasteiger partial charge in [-0.25, -0.2) is 10.1 Å². The summed E-state index contributed by atoms with van der Waals surface area (Å²) in [5, 5.41) is 10.4. The summed E-state index contributed by atoms with van der Waals surface area (Å²) in [6.07, 6.45) is 0. The maximum atomic E-state index is 5.48. The number of nitrogens with one attached hydrogen (secondary N) is 1. The SMILES string of the molecule is Cc1ccc(-c2nc(CSc3n[nH]c(N)n3)cs2)cc1. The predicted octanol–water partition coefficient (Wildman–Crippen LogP) is 3.11. The third-order valence-corrected chi connectivity index (χ3v) is 4.50. The number of hydrogen-bond acceptors (Lipinski definition) is 6. The molecule has 0 aliphatic heterocycles. The number of rotatable bonds is 4. The largest absolute Gasteiger partial charge is 0.368 e. The van der Waals surface area contributed by atoms with Gasteiger partial charge in [-0.05, 0) is 6.92 Å². The van der Waals surface area contributed by atoms with E-state index in [0.29, 0.717) is 11.1 Å². The first-order chi connectivity index (χ1) is 9.70. The van der Waals surface area contributed by atoms with Crippen LogP contribution in [0.25, 0.3) is 10.6 Å². The predicted molar refractivity (Wildman–Crippen MR) is 82.6 cm³/mol. The molecule has 0 aliphatic rings. The molecule has 0 spiro atoms. The molecule has 2 heterocycles. The first kappa shape index (κ1) is 13.1. The van der Waals surface area contributed by atoms with Crippen molar-refractivity contribution in [2.24, 2.45) is 0 Å². The highest BCUT2D eigenvalue weighted by Crippen LogP contribution is 2.27. The van der Waals surface area contributed by atoms with Crippen LogP contribution in [-0.4, -0.2) is 20.2 Å². The molecule has 7 heteroatoms. The van der Waals surface area contributed by atoms with Crippen LogP contribution < -0.4 is 5.73 Å². The van der Waals surface area contributed by atoms with Crippen molar-refractivity contribution in [1.29, 1.82) is 0 Å². The van der Waals surface area contributed by atoms with Gasteiger partial charge in [0.1, 0.15) is 5.01 Å². The summed E-state index contributed by atoms with van der Waals surface area (Å²) in [6.45, 7) is 2.08. The second kappa shape index (κ2) is 5.64. The molecule has 0 aliphatic carbocycles. The lowest BCUT2D eigenvalue weighted by Crippen LogP contribution is -1.85. The molecule has 0 saturated heterocycles. The minimum atomic E-state index is 0.339. The quantitative estimate of drug-likeness (QED) is 0.724. The van der Waals surface area contributed by atoms with E-state index in [1.807, 2.05) is 0 Å². The maximum absolute atomic E-state index is 5.48. The number of benzene rings is 1. The lowest BCUT2D eigenvalue weighted by atomic mass is 10.2. The normalized spacial score (nSPS) is 10.8. The van der Waals surface area contributed by atoms with Crippen LogP contribution in [0.15, 0.2) is 34.8 Å². The van der Waals surface area contributed by atoms with Crippen LogP contribution in [0.3, 0.4) is 0 Å². The van der Waals surface area contributed by atoms with E-state index < -0.39 is 0 Å². The molecule has 0 atom stereocenters. The molecule has 5 nitrogen and oxygen atoms in total. The van der Waals surface area contributed by atoms with Gasteiger partial charge in [0.15, 0.2) is 0 Å². The average Bonchev–Trinajstić information content (AvgIpc) is 3.06. The summed E-state index contributed by atoms with van der Waals surface area (Å²) in [7, 11) is 0. The lowest BCUT2D eigenvalue weighted by Gasteiger charge is -1.97. The minimum Gasteiger partial charge on any atom is -0.368 e. The lowest BCUT2D eigenvalue weighted by molar-refractivity contribution is 0.972. The van der Waals surface area contributed by atoms with Gasteiger partial charge < -0.3 is 5.73 Å². The summed E-state index contributed by atoms with van der Waals surface area (Å²) < 4.78 is 0. The second-order valence-corrected chi connectivity index (χ2v) is 6.10. The first-order valence-electron chi connectivity index (χ1n) is 6.03. The van der Waals surface area contributed by atoms with E-state index >= 15 is 0 Å². The topological polar surface area (TPSA) is 80.5 Å². The van der Waals surface area contributed by atoms with E-state index in [2.05, 4.69) is 56.7 Å². The van der Waals surface area contributed by atoms with E-state index in [4.69, 9.17) is 5.73 Å². The van der Waals surface area contributed by atoms with E-state index in [1.165, 1.54) is 17.3 Å². The van der Waals surface area contributed by atoms with Crippen molar-refractivity contribution in [2.75, 3.05) is 5.73 Å². The standard InChI is InChI=1S/C13H13N5S2/c1-8-2-4-9(5-3-8)11-15-10(6-19-11)7-20-13-16-12(14)17-18-13/h2-6H,7H2,1H3,(H3,14,16,17,18). The van der Waals surface area contributed by atoms with Crippen LogP contribution in [0, 0.1) is 6.92 Å². The molecule has 3 aromatic rings. The van der Waals surface area contributed by atoms with Gasteiger partial charge in [0.25, 0.3) is 0 Å². The van der Waals surface area contributed by atoms with Gasteiger partial charge in [0.2, 0.25) is 11.1 Å². The highest BCUT2D eigenvalue weighted by molar-refractivity contribution is 7.98. The molecule has 20 heavy (non-hydrogen) atoms. The Balaban J connectivity index is 1.69. The van der Waals surface area contributed by atoms with Gasteiger partial charge in [-0.2, -0.15) is 4.98 Å². The Morgan fingerprint density at radius 1 is 1.25 bits per heavy atom. The van der Waals surface area contributed by atoms with Crippen LogP contribution in [0.2, 0.25) is 0 Å². The number of thioether (sulfide) groups is 1. The van der Waals surface area contributed by atoms with E-state index in [0.717, 1.165) is 22.0 Å². The third-order valence-electron chi connectivity index (χ3n) is 2.68. The molecule has 0 unspecified atom stereocenters. The molecule has 0 radical (unpaired) electrons. The summed E-state index contributed by atoms with van der Waals surface area (Å²) in [6, 6.07) is 8.39. The Hall–Kier alpha value is -1.86. The summed E-state index contributed by atoms with van der Waals surface area (Å²) in [5.41, 5.74) is 8.92. The molecular formula is C13H13N5S2. The van der Waals surface area contributed by atoms with E-state index in [1.54, 1.807) is 11.3 Å². The highest BCUT2D eigenvalue weighted by atomic mass is 32.2. The summed E-state index contributed by atoms with van der Waals surface area (Å²) in [5.74, 6) is 1.07. The van der Waals surface area contributed by atoms with Crippen molar-refractivity contribution in [3.8, 4) is 10.6 Å². The maximum Gasteiger partial charge on any atom is 0.216 e. The molecule has 1 aromatic carbocycles. The van der Waals surface area contributed by atoms with Crippen molar-refractivity contribution in [1.82, 2.24) is 20.2 Å². The van der Waals surface area contributed by atoms with Crippen LogP contribution in [-0.2, 0) is 5.75 Å². The van der Waals surface area contributed by atoms with Gasteiger partial charge in [0, 0.05) is 16.7 Å². The Kier molecular flexibility index (Phi) is 3.70. The van der Waals surface area contributed by atoms with Gasteiger partial charge >= 0.3 is 0 Å². The Morgan fingerprint density at radius 2 is 2.05 bits per heavy atom. The molecule has 102 valence electrons. The van der Waals surface area contributed by atoms with Crippen LogP contribution in [0.4, 0.5) is 5.95 Å². The van der Waals surface area contributed by atoms with Crippen LogP contribution in [0.5, 0.6) is 0 Å². The Morgan fingerprint density at radius 3 is 2.75 bits per heavy atom. The number of hydrogen-bond donors (Lipinski definition) is 2. The van der Waals surface area contributed by atoms with Crippen molar-refractivity contribution < 1.29 is 0 Å². The van der Waals surface area contributed by atoms with E-state index in [9.17, 15) is 0 Å². The molecule has 3 N–H and O–H groups in total. The fourth-order valence-corrected chi connectivity index (χ4v) is 3.29. The molecule has 0 fully saturated rings. The second-order valence-electron chi connectivity index (χ2n) is 4.30. The molecule has 0 saturated carbocycles. The number of aromatic amines is 1. The fourth-order valence-electron chi connectivity index (χ4n) is 1.66. The smallest absolute Gasteiger partial charge is 0.216 e. The molecule has 0 bridgehead atoms. The average molecular weight is 303 g/mol. The van der Waals surface area contributed by atoms with Crippen molar-refractivity contribution in [3.05, 3.63) is 40.9 Å². The summed E-state index contributed by atoms with van der Waals surface area (Å²) in [4.78, 5) is 8.68. The van der Waals surface area contributed by atoms with Crippen molar-refractivity contribution in [2.45, 2.75) is 17.8 Å². The fraction of sp³-hybridized carbons (Fsp3) is 0.154. The van der Waals surface area contributed by atoms with Crippen molar-refractivity contribution in [3.63, 3.8) is 0 Å². The molecule has 2 aromatic heterocycles. The summed E-state index contributed by atoms with van der Waals surface area (Å²) >= 11 is 3.17. The zero-order valence-corrected chi connectivity index (χ0v) is 12.5. The number of anilines is 1. The zero-order valence-electron chi connectivity index (χ0n) is 10.8.